The van der Waals surface area contributed by atoms with Crippen LogP contribution in [0.25, 0.3) is 0 Å². The molecule has 0 heterocycles. The molecule has 0 saturated heterocycles. The van der Waals surface area contributed by atoms with Crippen LogP contribution in [0.15, 0.2) is 0 Å². The van der Waals surface area contributed by atoms with Crippen molar-refractivity contribution in [2.24, 2.45) is 5.92 Å². The zero-order valence-corrected chi connectivity index (χ0v) is 11.8. The van der Waals surface area contributed by atoms with Crippen molar-refractivity contribution in [1.29, 1.82) is 5.26 Å². The third kappa shape index (κ3) is 4.29. The van der Waals surface area contributed by atoms with Gasteiger partial charge in [0.1, 0.15) is 5.54 Å². The molecule has 1 fully saturated rings. The molecule has 3 heteroatoms. The van der Waals surface area contributed by atoms with Crippen molar-refractivity contribution >= 4 is 0 Å². The summed E-state index contributed by atoms with van der Waals surface area (Å²) in [7, 11) is 4.06. The van der Waals surface area contributed by atoms with Crippen molar-refractivity contribution in [3.05, 3.63) is 0 Å². The van der Waals surface area contributed by atoms with E-state index >= 15 is 0 Å². The van der Waals surface area contributed by atoms with Crippen LogP contribution in [0.1, 0.15) is 46.0 Å². The van der Waals surface area contributed by atoms with E-state index < -0.39 is 5.54 Å². The minimum atomic E-state index is -0.399. The summed E-state index contributed by atoms with van der Waals surface area (Å²) >= 11 is 0. The predicted octanol–water partition coefficient (Wildman–Crippen LogP) is 2.39. The van der Waals surface area contributed by atoms with Gasteiger partial charge in [-0.3, -0.25) is 0 Å². The largest absolute Gasteiger partial charge is 0.303 e. The van der Waals surface area contributed by atoms with Crippen LogP contribution < -0.4 is 5.32 Å². The van der Waals surface area contributed by atoms with Gasteiger partial charge in [-0.15, -0.1) is 0 Å². The summed E-state index contributed by atoms with van der Waals surface area (Å²) in [4.78, 5) is 2.42. The van der Waals surface area contributed by atoms with Crippen LogP contribution in [0.4, 0.5) is 0 Å². The van der Waals surface area contributed by atoms with E-state index in [2.05, 4.69) is 30.3 Å². The smallest absolute Gasteiger partial charge is 0.105 e. The molecule has 1 aliphatic rings. The number of rotatable bonds is 6. The van der Waals surface area contributed by atoms with Crippen molar-refractivity contribution in [2.45, 2.75) is 57.5 Å². The number of hydrogen-bond donors (Lipinski definition) is 1. The van der Waals surface area contributed by atoms with Crippen LogP contribution >= 0.6 is 0 Å². The topological polar surface area (TPSA) is 39.1 Å². The molecule has 0 radical (unpaired) electrons. The Hall–Kier alpha value is -0.590. The van der Waals surface area contributed by atoms with E-state index in [1.807, 2.05) is 14.0 Å². The second-order valence-electron chi connectivity index (χ2n) is 5.84. The fraction of sp³-hybridized carbons (Fsp3) is 0.929. The molecular formula is C14H27N3. The molecule has 0 aromatic carbocycles. The van der Waals surface area contributed by atoms with E-state index in [1.54, 1.807) is 0 Å². The Morgan fingerprint density at radius 1 is 1.47 bits per heavy atom. The second-order valence-corrected chi connectivity index (χ2v) is 5.84. The maximum absolute atomic E-state index is 9.17. The predicted molar refractivity (Wildman–Crippen MR) is 71.7 cm³/mol. The van der Waals surface area contributed by atoms with Gasteiger partial charge in [0.15, 0.2) is 0 Å². The van der Waals surface area contributed by atoms with E-state index in [0.29, 0.717) is 6.04 Å². The van der Waals surface area contributed by atoms with E-state index in [4.69, 9.17) is 5.26 Å². The molecule has 0 aromatic rings. The van der Waals surface area contributed by atoms with Gasteiger partial charge in [-0.05, 0) is 53.1 Å². The van der Waals surface area contributed by atoms with Gasteiger partial charge in [0.25, 0.3) is 0 Å². The third-order valence-electron chi connectivity index (χ3n) is 4.28. The molecule has 1 N–H and O–H groups in total. The van der Waals surface area contributed by atoms with Crippen LogP contribution in [-0.4, -0.2) is 37.1 Å². The summed E-state index contributed by atoms with van der Waals surface area (Å²) < 4.78 is 0. The Morgan fingerprint density at radius 2 is 2.06 bits per heavy atom. The highest BCUT2D eigenvalue weighted by Gasteiger charge is 2.27. The average Bonchev–Trinajstić information content (AvgIpc) is 2.81. The first-order valence-corrected chi connectivity index (χ1v) is 6.81. The fourth-order valence-corrected chi connectivity index (χ4v) is 2.73. The Kier molecular flexibility index (Phi) is 5.42. The lowest BCUT2D eigenvalue weighted by Crippen LogP contribution is -2.45. The quantitative estimate of drug-likeness (QED) is 0.771. The lowest BCUT2D eigenvalue weighted by Gasteiger charge is -2.32. The molecule has 0 aliphatic heterocycles. The summed E-state index contributed by atoms with van der Waals surface area (Å²) in [5, 5.41) is 12.3. The number of nitrogens with one attached hydrogen (secondary N) is 1. The van der Waals surface area contributed by atoms with Crippen LogP contribution in [0.3, 0.4) is 0 Å². The van der Waals surface area contributed by atoms with Crippen LogP contribution in [-0.2, 0) is 0 Å². The molecule has 1 rings (SSSR count). The average molecular weight is 237 g/mol. The molecular weight excluding hydrogens is 210 g/mol. The first kappa shape index (κ1) is 14.5. The Bertz CT molecular complexity index is 265. The Morgan fingerprint density at radius 3 is 2.53 bits per heavy atom. The van der Waals surface area contributed by atoms with Gasteiger partial charge in [0.2, 0.25) is 0 Å². The molecule has 0 spiro atoms. The highest BCUT2D eigenvalue weighted by Crippen LogP contribution is 2.26. The number of nitriles is 1. The summed E-state index contributed by atoms with van der Waals surface area (Å²) in [5.74, 6) is 0.880. The zero-order valence-electron chi connectivity index (χ0n) is 11.8. The van der Waals surface area contributed by atoms with E-state index in [-0.39, 0.29) is 0 Å². The van der Waals surface area contributed by atoms with Crippen molar-refractivity contribution in [3.63, 3.8) is 0 Å². The zero-order chi connectivity index (χ0) is 12.9. The van der Waals surface area contributed by atoms with Gasteiger partial charge in [-0.2, -0.15) is 5.26 Å². The fourth-order valence-electron chi connectivity index (χ4n) is 2.73. The van der Waals surface area contributed by atoms with Crippen LogP contribution in [0, 0.1) is 17.2 Å². The van der Waals surface area contributed by atoms with Gasteiger partial charge in [-0.25, -0.2) is 0 Å². The van der Waals surface area contributed by atoms with E-state index in [1.165, 1.54) is 32.2 Å². The molecule has 2 atom stereocenters. The molecule has 1 saturated carbocycles. The van der Waals surface area contributed by atoms with Crippen molar-refractivity contribution in [3.8, 4) is 6.07 Å². The lowest BCUT2D eigenvalue weighted by molar-refractivity contribution is 0.189. The normalized spacial score (nSPS) is 22.4. The van der Waals surface area contributed by atoms with Gasteiger partial charge >= 0.3 is 0 Å². The van der Waals surface area contributed by atoms with Gasteiger partial charge in [0.05, 0.1) is 6.07 Å². The summed E-state index contributed by atoms with van der Waals surface area (Å²) in [6.07, 6.45) is 6.46. The molecule has 0 bridgehead atoms. The van der Waals surface area contributed by atoms with Gasteiger partial charge in [0, 0.05) is 12.6 Å². The maximum atomic E-state index is 9.17. The molecule has 3 nitrogen and oxygen atoms in total. The second kappa shape index (κ2) is 6.37. The maximum Gasteiger partial charge on any atom is 0.105 e. The van der Waals surface area contributed by atoms with Gasteiger partial charge < -0.3 is 10.2 Å². The minimum Gasteiger partial charge on any atom is -0.303 e. The first-order chi connectivity index (χ1) is 8.00. The minimum absolute atomic E-state index is 0.399. The number of nitrogens with zero attached hydrogens (tertiary/aromatic N) is 2. The van der Waals surface area contributed by atoms with Crippen molar-refractivity contribution < 1.29 is 0 Å². The first-order valence-electron chi connectivity index (χ1n) is 6.81. The molecule has 0 aromatic heterocycles. The molecule has 98 valence electrons. The number of hydrogen-bond acceptors (Lipinski definition) is 3. The summed E-state index contributed by atoms with van der Waals surface area (Å²) in [5.41, 5.74) is -0.399. The van der Waals surface area contributed by atoms with E-state index in [9.17, 15) is 0 Å². The molecule has 17 heavy (non-hydrogen) atoms. The summed E-state index contributed by atoms with van der Waals surface area (Å²) in [6, 6.07) is 2.82. The van der Waals surface area contributed by atoms with Crippen LogP contribution in [0.5, 0.6) is 0 Å². The van der Waals surface area contributed by atoms with Gasteiger partial charge in [-0.1, -0.05) is 12.8 Å². The SMILES string of the molecule is CNC(C)(C#N)CC(C)N(C)CC1CCCC1. The highest BCUT2D eigenvalue weighted by molar-refractivity contribution is 5.04. The lowest BCUT2D eigenvalue weighted by atomic mass is 9.94. The third-order valence-corrected chi connectivity index (χ3v) is 4.28. The van der Waals surface area contributed by atoms with Crippen molar-refractivity contribution in [2.75, 3.05) is 20.6 Å². The highest BCUT2D eigenvalue weighted by atomic mass is 15.1. The Labute approximate surface area is 106 Å². The monoisotopic (exact) mass is 237 g/mol. The Balaban J connectivity index is 2.40. The molecule has 2 unspecified atom stereocenters. The molecule has 0 amide bonds. The standard InChI is InChI=1S/C14H27N3/c1-12(9-14(2,11-15)16-3)17(4)10-13-7-5-6-8-13/h12-13,16H,5-10H2,1-4H3. The van der Waals surface area contributed by atoms with E-state index in [0.717, 1.165) is 12.3 Å². The van der Waals surface area contributed by atoms with Crippen molar-refractivity contribution in [1.82, 2.24) is 10.2 Å². The van der Waals surface area contributed by atoms with Crippen LogP contribution in [0.2, 0.25) is 0 Å². The molecule has 1 aliphatic carbocycles. The summed E-state index contributed by atoms with van der Waals surface area (Å²) in [6.45, 7) is 5.39.